The predicted molar refractivity (Wildman–Crippen MR) is 240 cm³/mol. The van der Waals surface area contributed by atoms with Crippen molar-refractivity contribution >= 4 is 55.0 Å². The number of hydrogen-bond donors (Lipinski definition) is 2. The third-order valence-electron chi connectivity index (χ3n) is 11.1. The summed E-state index contributed by atoms with van der Waals surface area (Å²) >= 11 is 0. The van der Waals surface area contributed by atoms with Crippen LogP contribution in [0.4, 0.5) is 0 Å². The molecule has 0 saturated heterocycles. The summed E-state index contributed by atoms with van der Waals surface area (Å²) in [7, 11) is 0. The van der Waals surface area contributed by atoms with Gasteiger partial charge in [0.05, 0.1) is 11.1 Å². The summed E-state index contributed by atoms with van der Waals surface area (Å²) in [6.45, 7) is 0. The molecule has 0 fully saturated rings. The van der Waals surface area contributed by atoms with Gasteiger partial charge in [-0.1, -0.05) is 146 Å². The number of fused-ring (bicyclic) bond motifs is 4. The van der Waals surface area contributed by atoms with Crippen molar-refractivity contribution in [1.29, 1.82) is 0 Å². The molecule has 60 heavy (non-hydrogen) atoms. The summed E-state index contributed by atoms with van der Waals surface area (Å²) in [6.07, 6.45) is 0. The van der Waals surface area contributed by atoms with Crippen LogP contribution in [0.3, 0.4) is 0 Å². The highest BCUT2D eigenvalue weighted by molar-refractivity contribution is 6.12. The lowest BCUT2D eigenvalue weighted by Crippen LogP contribution is -2.00. The van der Waals surface area contributed by atoms with Gasteiger partial charge in [-0.15, -0.1) is 0 Å². The third-order valence-corrected chi connectivity index (χ3v) is 11.1. The van der Waals surface area contributed by atoms with E-state index in [1.807, 2.05) is 97.1 Å². The maximum atomic E-state index is 12.3. The summed E-state index contributed by atoms with van der Waals surface area (Å²) in [5.41, 5.74) is 6.22. The highest BCUT2D eigenvalue weighted by Gasteiger charge is 2.23. The van der Waals surface area contributed by atoms with Crippen LogP contribution in [0.15, 0.2) is 194 Å². The molecule has 0 heterocycles. The van der Waals surface area contributed by atoms with E-state index in [4.69, 9.17) is 9.47 Å². The lowest BCUT2D eigenvalue weighted by atomic mass is 9.90. The van der Waals surface area contributed by atoms with Crippen molar-refractivity contribution in [3.63, 3.8) is 0 Å². The summed E-state index contributed by atoms with van der Waals surface area (Å²) < 4.78 is 14.0. The van der Waals surface area contributed by atoms with Crippen molar-refractivity contribution < 1.29 is 29.3 Å². The number of aromatic carboxylic acids is 2. The fourth-order valence-electron chi connectivity index (χ4n) is 8.26. The van der Waals surface area contributed by atoms with Gasteiger partial charge >= 0.3 is 11.9 Å². The van der Waals surface area contributed by atoms with Gasteiger partial charge in [-0.3, -0.25) is 0 Å². The summed E-state index contributed by atoms with van der Waals surface area (Å²) in [4.78, 5) is 24.6. The van der Waals surface area contributed by atoms with Gasteiger partial charge < -0.3 is 19.7 Å². The highest BCUT2D eigenvalue weighted by Crippen LogP contribution is 2.50. The molecule has 0 radical (unpaired) electrons. The molecule has 0 unspecified atom stereocenters. The highest BCUT2D eigenvalue weighted by atomic mass is 16.5. The van der Waals surface area contributed by atoms with Crippen molar-refractivity contribution in [2.24, 2.45) is 0 Å². The summed E-state index contributed by atoms with van der Waals surface area (Å²) in [5, 5.41) is 26.3. The molecule has 6 heteroatoms. The summed E-state index contributed by atoms with van der Waals surface area (Å²) in [6, 6.07) is 62.6. The Labute approximate surface area is 344 Å². The molecule has 286 valence electrons. The molecular formula is C54H34O6. The second-order valence-electron chi connectivity index (χ2n) is 14.6. The number of carbonyl (C=O) groups is 2. The standard InChI is InChI=1S/C54H34O6/c55-53(56)45-25-29-47(43-17-9-7-15-41(43)45)59-49-27-21-37-31-35(33-11-3-1-4-12-33)19-23-39(37)51(49)52-40-24-20-36(34-13-5-2-6-14-34)32-38(40)22-28-50(52)60-48-30-26-46(54(57)58)42-16-8-10-18-44(42)48/h1-32H,(H,55,56)(H,57,58). The normalized spacial score (nSPS) is 11.3. The Morgan fingerprint density at radius 1 is 0.317 bits per heavy atom. The molecular weight excluding hydrogens is 745 g/mol. The van der Waals surface area contributed by atoms with E-state index in [0.717, 1.165) is 54.9 Å². The zero-order valence-electron chi connectivity index (χ0n) is 32.0. The lowest BCUT2D eigenvalue weighted by molar-refractivity contribution is 0.0688. The number of hydrogen-bond acceptors (Lipinski definition) is 4. The van der Waals surface area contributed by atoms with Crippen LogP contribution in [0.5, 0.6) is 23.0 Å². The average molecular weight is 779 g/mol. The van der Waals surface area contributed by atoms with Gasteiger partial charge in [-0.25, -0.2) is 9.59 Å². The monoisotopic (exact) mass is 778 g/mol. The molecule has 0 aromatic heterocycles. The van der Waals surface area contributed by atoms with E-state index in [1.165, 1.54) is 0 Å². The third kappa shape index (κ3) is 6.42. The lowest BCUT2D eigenvalue weighted by Gasteiger charge is -2.21. The molecule has 0 saturated carbocycles. The predicted octanol–water partition coefficient (Wildman–Crippen LogP) is 14.3. The number of ether oxygens (including phenoxy) is 2. The van der Waals surface area contributed by atoms with E-state index < -0.39 is 11.9 Å². The van der Waals surface area contributed by atoms with Crippen LogP contribution in [-0.2, 0) is 0 Å². The van der Waals surface area contributed by atoms with Crippen molar-refractivity contribution in [2.45, 2.75) is 0 Å². The van der Waals surface area contributed by atoms with Gasteiger partial charge in [0.1, 0.15) is 23.0 Å². The Hall–Kier alpha value is -8.22. The zero-order valence-corrected chi connectivity index (χ0v) is 32.0. The van der Waals surface area contributed by atoms with Crippen LogP contribution in [0, 0.1) is 0 Å². The average Bonchev–Trinajstić information content (AvgIpc) is 3.29. The Morgan fingerprint density at radius 3 is 1.08 bits per heavy atom. The van der Waals surface area contributed by atoms with Crippen molar-refractivity contribution in [3.8, 4) is 56.4 Å². The maximum Gasteiger partial charge on any atom is 0.336 e. The number of benzene rings is 10. The van der Waals surface area contributed by atoms with Gasteiger partial charge in [-0.05, 0) is 103 Å². The molecule has 6 nitrogen and oxygen atoms in total. The van der Waals surface area contributed by atoms with Crippen LogP contribution >= 0.6 is 0 Å². The summed E-state index contributed by atoms with van der Waals surface area (Å²) in [5.74, 6) is 0.0461. The van der Waals surface area contributed by atoms with Gasteiger partial charge in [0, 0.05) is 21.9 Å². The minimum Gasteiger partial charge on any atom is -0.478 e. The molecule has 0 amide bonds. The van der Waals surface area contributed by atoms with E-state index in [0.29, 0.717) is 44.5 Å². The SMILES string of the molecule is O=C(O)c1ccc(Oc2ccc3cc(-c4ccccc4)ccc3c2-c2c(Oc3ccc(C(=O)O)c4ccccc34)ccc3cc(-c4ccccc4)ccc23)c2ccccc12. The number of carboxylic acids is 2. The Kier molecular flexibility index (Phi) is 9.00. The Morgan fingerprint density at radius 2 is 0.683 bits per heavy atom. The molecule has 0 aliphatic rings. The van der Waals surface area contributed by atoms with E-state index in [9.17, 15) is 19.8 Å². The molecule has 10 aromatic carbocycles. The molecule has 0 bridgehead atoms. The van der Waals surface area contributed by atoms with Crippen molar-refractivity contribution in [2.75, 3.05) is 0 Å². The van der Waals surface area contributed by atoms with Crippen LogP contribution < -0.4 is 9.47 Å². The molecule has 0 aliphatic heterocycles. The minimum absolute atomic E-state index is 0.185. The van der Waals surface area contributed by atoms with Gasteiger partial charge in [0.15, 0.2) is 0 Å². The van der Waals surface area contributed by atoms with Crippen LogP contribution in [0.25, 0.3) is 76.5 Å². The smallest absolute Gasteiger partial charge is 0.336 e. The molecule has 10 aromatic rings. The fraction of sp³-hybridized carbons (Fsp3) is 0. The largest absolute Gasteiger partial charge is 0.478 e. The van der Waals surface area contributed by atoms with E-state index >= 15 is 0 Å². The quantitative estimate of drug-likeness (QED) is 0.152. The first kappa shape index (κ1) is 36.1. The van der Waals surface area contributed by atoms with Crippen LogP contribution in [0.1, 0.15) is 20.7 Å². The molecule has 0 spiro atoms. The number of carboxylic acid groups (broad SMARTS) is 2. The van der Waals surface area contributed by atoms with E-state index in [-0.39, 0.29) is 11.1 Å². The zero-order chi connectivity index (χ0) is 40.7. The Balaban J connectivity index is 1.26. The van der Waals surface area contributed by atoms with Crippen molar-refractivity contribution in [1.82, 2.24) is 0 Å². The molecule has 10 rings (SSSR count). The second kappa shape index (κ2) is 14.9. The van der Waals surface area contributed by atoms with Gasteiger partial charge in [-0.2, -0.15) is 0 Å². The van der Waals surface area contributed by atoms with Crippen LogP contribution in [0.2, 0.25) is 0 Å². The topological polar surface area (TPSA) is 93.1 Å². The first-order chi connectivity index (χ1) is 29.4. The Bertz CT molecular complexity index is 3090. The van der Waals surface area contributed by atoms with Gasteiger partial charge in [0.25, 0.3) is 0 Å². The van der Waals surface area contributed by atoms with Gasteiger partial charge in [0.2, 0.25) is 0 Å². The fourth-order valence-corrected chi connectivity index (χ4v) is 8.26. The molecule has 2 N–H and O–H groups in total. The van der Waals surface area contributed by atoms with E-state index in [2.05, 4.69) is 60.7 Å². The minimum atomic E-state index is -1.02. The molecule has 0 atom stereocenters. The second-order valence-corrected chi connectivity index (χ2v) is 14.6. The molecule has 0 aliphatic carbocycles. The maximum absolute atomic E-state index is 12.3. The van der Waals surface area contributed by atoms with Crippen molar-refractivity contribution in [3.05, 3.63) is 205 Å². The number of rotatable bonds is 9. The first-order valence-electron chi connectivity index (χ1n) is 19.5. The van der Waals surface area contributed by atoms with Crippen LogP contribution in [-0.4, -0.2) is 22.2 Å². The first-order valence-corrected chi connectivity index (χ1v) is 19.5. The van der Waals surface area contributed by atoms with E-state index in [1.54, 1.807) is 36.4 Å².